The number of ether oxygens (including phenoxy) is 1. The molecule has 0 fully saturated rings. The van der Waals surface area contributed by atoms with Gasteiger partial charge >= 0.3 is 6.61 Å². The van der Waals surface area contributed by atoms with E-state index < -0.39 is 6.61 Å². The van der Waals surface area contributed by atoms with Gasteiger partial charge in [0.25, 0.3) is 0 Å². The van der Waals surface area contributed by atoms with E-state index in [1.54, 1.807) is 18.2 Å². The van der Waals surface area contributed by atoms with Crippen LogP contribution >= 0.6 is 0 Å². The summed E-state index contributed by atoms with van der Waals surface area (Å²) in [5.41, 5.74) is 1.85. The maximum absolute atomic E-state index is 12.2. The van der Waals surface area contributed by atoms with E-state index >= 15 is 0 Å². The fraction of sp³-hybridized carbons (Fsp3) is 0.200. The predicted octanol–water partition coefficient (Wildman–Crippen LogP) is 4.78. The van der Waals surface area contributed by atoms with Crippen molar-refractivity contribution in [3.63, 3.8) is 0 Å². The lowest BCUT2D eigenvalue weighted by molar-refractivity contribution is -0.0498. The lowest BCUT2D eigenvalue weighted by atomic mass is 10.0. The first kappa shape index (κ1) is 17.2. The average molecular weight is 343 g/mol. The second-order valence-electron chi connectivity index (χ2n) is 5.98. The standard InChI is InChI=1S/C20H19F2NO2/c1-23(12-14-6-9-16(10-7-14)25-20(21)22)13-18-17-5-3-2-4-15(17)8-11-19(18)24/h2-11,20,24H,12-13H2,1H3. The third kappa shape index (κ3) is 4.25. The van der Waals surface area contributed by atoms with Crippen molar-refractivity contribution in [1.29, 1.82) is 0 Å². The normalized spacial score (nSPS) is 11.4. The largest absolute Gasteiger partial charge is 0.508 e. The highest BCUT2D eigenvalue weighted by Gasteiger charge is 2.10. The van der Waals surface area contributed by atoms with Crippen LogP contribution in [0.3, 0.4) is 0 Å². The highest BCUT2D eigenvalue weighted by molar-refractivity contribution is 5.87. The molecule has 0 saturated carbocycles. The molecular weight excluding hydrogens is 324 g/mol. The Morgan fingerprint density at radius 2 is 1.68 bits per heavy atom. The summed E-state index contributed by atoms with van der Waals surface area (Å²) in [5.74, 6) is 0.416. The highest BCUT2D eigenvalue weighted by Crippen LogP contribution is 2.28. The molecule has 0 bridgehead atoms. The summed E-state index contributed by atoms with van der Waals surface area (Å²) in [6.07, 6.45) is 0. The minimum atomic E-state index is -2.82. The van der Waals surface area contributed by atoms with E-state index in [-0.39, 0.29) is 11.5 Å². The number of rotatable bonds is 6. The Hall–Kier alpha value is -2.66. The monoisotopic (exact) mass is 343 g/mol. The zero-order valence-electron chi connectivity index (χ0n) is 13.8. The summed E-state index contributed by atoms with van der Waals surface area (Å²) >= 11 is 0. The van der Waals surface area contributed by atoms with Gasteiger partial charge < -0.3 is 9.84 Å². The Labute approximate surface area is 145 Å². The third-order valence-electron chi connectivity index (χ3n) is 4.04. The van der Waals surface area contributed by atoms with E-state index in [4.69, 9.17) is 0 Å². The van der Waals surface area contributed by atoms with Crippen molar-refractivity contribution in [1.82, 2.24) is 4.90 Å². The Balaban J connectivity index is 1.73. The van der Waals surface area contributed by atoms with Crippen molar-refractivity contribution in [2.24, 2.45) is 0 Å². The number of benzene rings is 3. The number of fused-ring (bicyclic) bond motifs is 1. The minimum absolute atomic E-state index is 0.146. The van der Waals surface area contributed by atoms with E-state index in [0.717, 1.165) is 21.9 Å². The molecule has 0 aliphatic rings. The molecule has 0 aliphatic carbocycles. The first-order valence-electron chi connectivity index (χ1n) is 7.95. The molecular formula is C20H19F2NO2. The zero-order chi connectivity index (χ0) is 17.8. The summed E-state index contributed by atoms with van der Waals surface area (Å²) < 4.78 is 28.7. The summed E-state index contributed by atoms with van der Waals surface area (Å²) in [4.78, 5) is 2.06. The number of phenols is 1. The summed E-state index contributed by atoms with van der Waals surface area (Å²) in [5, 5.41) is 12.3. The fourth-order valence-electron chi connectivity index (χ4n) is 2.90. The minimum Gasteiger partial charge on any atom is -0.508 e. The second-order valence-corrected chi connectivity index (χ2v) is 5.98. The lowest BCUT2D eigenvalue weighted by Crippen LogP contribution is -2.17. The van der Waals surface area contributed by atoms with E-state index in [9.17, 15) is 13.9 Å². The van der Waals surface area contributed by atoms with Crippen LogP contribution in [0.2, 0.25) is 0 Å². The fourth-order valence-corrected chi connectivity index (χ4v) is 2.90. The Bertz CT molecular complexity index is 850. The molecule has 130 valence electrons. The van der Waals surface area contributed by atoms with Gasteiger partial charge in [0.15, 0.2) is 0 Å². The van der Waals surface area contributed by atoms with Crippen LogP contribution in [0.5, 0.6) is 11.5 Å². The predicted molar refractivity (Wildman–Crippen MR) is 93.9 cm³/mol. The molecule has 0 saturated heterocycles. The van der Waals surface area contributed by atoms with Crippen LogP contribution in [-0.4, -0.2) is 23.7 Å². The van der Waals surface area contributed by atoms with Gasteiger partial charge in [-0.25, -0.2) is 0 Å². The maximum atomic E-state index is 12.2. The van der Waals surface area contributed by atoms with Gasteiger partial charge in [-0.3, -0.25) is 4.90 Å². The third-order valence-corrected chi connectivity index (χ3v) is 4.04. The molecule has 3 nitrogen and oxygen atoms in total. The first-order valence-corrected chi connectivity index (χ1v) is 7.95. The number of nitrogens with zero attached hydrogens (tertiary/aromatic N) is 1. The first-order chi connectivity index (χ1) is 12.0. The van der Waals surface area contributed by atoms with Crippen molar-refractivity contribution in [2.45, 2.75) is 19.7 Å². The number of hydrogen-bond donors (Lipinski definition) is 1. The average Bonchev–Trinajstić information content (AvgIpc) is 2.59. The molecule has 0 spiro atoms. The Kier molecular flexibility index (Phi) is 5.14. The topological polar surface area (TPSA) is 32.7 Å². The smallest absolute Gasteiger partial charge is 0.387 e. The molecule has 3 aromatic rings. The SMILES string of the molecule is CN(Cc1ccc(OC(F)F)cc1)Cc1c(O)ccc2ccccc12. The van der Waals surface area contributed by atoms with Gasteiger partial charge in [-0.15, -0.1) is 0 Å². The van der Waals surface area contributed by atoms with Gasteiger partial charge in [0.2, 0.25) is 0 Å². The van der Waals surface area contributed by atoms with Crippen LogP contribution in [-0.2, 0) is 13.1 Å². The second kappa shape index (κ2) is 7.49. The summed E-state index contributed by atoms with van der Waals surface area (Å²) in [6, 6.07) is 18.1. The molecule has 0 radical (unpaired) electrons. The van der Waals surface area contributed by atoms with E-state index in [0.29, 0.717) is 13.1 Å². The number of hydrogen-bond acceptors (Lipinski definition) is 3. The lowest BCUT2D eigenvalue weighted by Gasteiger charge is -2.19. The molecule has 0 amide bonds. The number of halogens is 2. The molecule has 3 aromatic carbocycles. The van der Waals surface area contributed by atoms with Gasteiger partial charge in [-0.05, 0) is 41.6 Å². The van der Waals surface area contributed by atoms with Crippen LogP contribution in [0.25, 0.3) is 10.8 Å². The van der Waals surface area contributed by atoms with Gasteiger partial charge in [-0.1, -0.05) is 42.5 Å². The molecule has 0 atom stereocenters. The molecule has 0 aromatic heterocycles. The number of phenolic OH excluding ortho intramolecular Hbond substituents is 1. The van der Waals surface area contributed by atoms with Crippen LogP contribution in [0.1, 0.15) is 11.1 Å². The summed E-state index contributed by atoms with van der Waals surface area (Å²) in [7, 11) is 1.95. The van der Waals surface area contributed by atoms with Crippen LogP contribution in [0, 0.1) is 0 Å². The number of alkyl halides is 2. The molecule has 0 heterocycles. The number of aromatic hydroxyl groups is 1. The van der Waals surface area contributed by atoms with Gasteiger partial charge in [0.05, 0.1) is 0 Å². The quantitative estimate of drug-likeness (QED) is 0.699. The van der Waals surface area contributed by atoms with Gasteiger partial charge in [-0.2, -0.15) is 8.78 Å². The maximum Gasteiger partial charge on any atom is 0.387 e. The van der Waals surface area contributed by atoms with E-state index in [1.165, 1.54) is 12.1 Å². The van der Waals surface area contributed by atoms with Crippen LogP contribution in [0.4, 0.5) is 8.78 Å². The molecule has 25 heavy (non-hydrogen) atoms. The molecule has 5 heteroatoms. The molecule has 1 N–H and O–H groups in total. The van der Waals surface area contributed by atoms with Gasteiger partial charge in [0.1, 0.15) is 11.5 Å². The van der Waals surface area contributed by atoms with E-state index in [1.807, 2.05) is 37.4 Å². The van der Waals surface area contributed by atoms with Crippen molar-refractivity contribution in [3.8, 4) is 11.5 Å². The molecule has 3 rings (SSSR count). The van der Waals surface area contributed by atoms with E-state index in [2.05, 4.69) is 9.64 Å². The van der Waals surface area contributed by atoms with Gasteiger partial charge in [0, 0.05) is 18.7 Å². The van der Waals surface area contributed by atoms with Crippen molar-refractivity contribution < 1.29 is 18.6 Å². The zero-order valence-corrected chi connectivity index (χ0v) is 13.8. The van der Waals surface area contributed by atoms with Crippen molar-refractivity contribution >= 4 is 10.8 Å². The van der Waals surface area contributed by atoms with Crippen LogP contribution < -0.4 is 4.74 Å². The highest BCUT2D eigenvalue weighted by atomic mass is 19.3. The van der Waals surface area contributed by atoms with Crippen LogP contribution in [0.15, 0.2) is 60.7 Å². The van der Waals surface area contributed by atoms with Crippen molar-refractivity contribution in [3.05, 3.63) is 71.8 Å². The Morgan fingerprint density at radius 1 is 0.960 bits per heavy atom. The van der Waals surface area contributed by atoms with Crippen molar-refractivity contribution in [2.75, 3.05) is 7.05 Å². The molecule has 0 unspecified atom stereocenters. The Morgan fingerprint density at radius 3 is 2.40 bits per heavy atom. The molecule has 0 aliphatic heterocycles. The summed E-state index contributed by atoms with van der Waals surface area (Å²) in [6.45, 7) is -1.62.